The number of hydrogen-bond acceptors (Lipinski definition) is 11. The average molecular weight is 571 g/mol. The smallest absolute Gasteiger partial charge is 0.441 e. The molecule has 1 aliphatic heterocycles. The molecule has 14 heteroatoms. The first kappa shape index (κ1) is 31.4. The number of quaternary nitrogens is 1. The van der Waals surface area contributed by atoms with E-state index in [9.17, 15) is 25.2 Å². The number of nitrogens with zero attached hydrogens (tertiary/aromatic N) is 6. The van der Waals surface area contributed by atoms with Crippen LogP contribution in [0.2, 0.25) is 0 Å². The van der Waals surface area contributed by atoms with Crippen molar-refractivity contribution in [2.75, 3.05) is 43.1 Å². The van der Waals surface area contributed by atoms with E-state index in [1.165, 1.54) is 29.5 Å². The highest BCUT2D eigenvalue weighted by Crippen LogP contribution is 2.26. The predicted molar refractivity (Wildman–Crippen MR) is 156 cm³/mol. The number of nitrogens with two attached hydrogens (primary N) is 3. The number of anilines is 2. The van der Waals surface area contributed by atoms with Crippen molar-refractivity contribution in [1.29, 1.82) is 0 Å². The molecule has 0 aromatic carbocycles. The van der Waals surface area contributed by atoms with Gasteiger partial charge in [0.05, 0.1) is 54.7 Å². The molecule has 0 radical (unpaired) electrons. The Morgan fingerprint density at radius 1 is 1.10 bits per heavy atom. The van der Waals surface area contributed by atoms with Gasteiger partial charge in [-0.2, -0.15) is 4.99 Å². The van der Waals surface area contributed by atoms with Crippen LogP contribution in [-0.2, 0) is 0 Å². The van der Waals surface area contributed by atoms with E-state index < -0.39 is 17.4 Å². The number of aryl methyl sites for hydroxylation is 1. The topological polar surface area (TPSA) is 221 Å². The van der Waals surface area contributed by atoms with Gasteiger partial charge in [-0.15, -0.1) is 0 Å². The number of hydrogen-bond donors (Lipinski definition) is 7. The van der Waals surface area contributed by atoms with E-state index in [2.05, 4.69) is 15.0 Å². The minimum Gasteiger partial charge on any atom is -0.512 e. The van der Waals surface area contributed by atoms with Gasteiger partial charge in [-0.05, 0) is 19.1 Å². The number of aliphatic hydroxyl groups is 4. The minimum atomic E-state index is -2.82. The molecule has 1 amide bonds. The van der Waals surface area contributed by atoms with E-state index in [1.807, 2.05) is 11.0 Å². The molecule has 0 saturated carbocycles. The molecule has 0 aliphatic carbocycles. The molecule has 3 heterocycles. The van der Waals surface area contributed by atoms with Crippen molar-refractivity contribution < 1.29 is 29.7 Å². The Hall–Kier alpha value is -4.08. The van der Waals surface area contributed by atoms with E-state index in [1.54, 1.807) is 47.1 Å². The van der Waals surface area contributed by atoms with Crippen LogP contribution < -0.4 is 27.2 Å². The fraction of sp³-hybridized carbons (Fsp3) is 0.407. The molecule has 10 N–H and O–H groups in total. The second-order valence-electron chi connectivity index (χ2n) is 11.3. The summed E-state index contributed by atoms with van der Waals surface area (Å²) < 4.78 is -0.316. The molecule has 1 saturated heterocycles. The van der Waals surface area contributed by atoms with E-state index in [4.69, 9.17) is 17.3 Å². The Morgan fingerprint density at radius 2 is 1.73 bits per heavy atom. The highest BCUT2D eigenvalue weighted by Gasteiger charge is 2.46. The van der Waals surface area contributed by atoms with Gasteiger partial charge in [-0.3, -0.25) is 35.1 Å². The highest BCUT2D eigenvalue weighted by atomic mass is 16.7. The minimum absolute atomic E-state index is 0.0120. The van der Waals surface area contributed by atoms with Crippen molar-refractivity contribution >= 4 is 28.8 Å². The number of hydrazine groups is 1. The van der Waals surface area contributed by atoms with Gasteiger partial charge in [0.1, 0.15) is 24.7 Å². The van der Waals surface area contributed by atoms with Crippen LogP contribution in [0.3, 0.4) is 0 Å². The molecule has 1 aliphatic rings. The van der Waals surface area contributed by atoms with Gasteiger partial charge in [0.15, 0.2) is 0 Å². The van der Waals surface area contributed by atoms with Crippen LogP contribution in [0.4, 0.5) is 11.4 Å². The van der Waals surface area contributed by atoms with Crippen LogP contribution in [0.15, 0.2) is 53.8 Å². The van der Waals surface area contributed by atoms with E-state index in [-0.39, 0.29) is 21.6 Å². The molecule has 0 unspecified atom stereocenters. The number of pyridine rings is 2. The van der Waals surface area contributed by atoms with E-state index >= 15 is 0 Å². The Kier molecular flexibility index (Phi) is 9.05. The van der Waals surface area contributed by atoms with Crippen LogP contribution >= 0.6 is 0 Å². The van der Waals surface area contributed by atoms with Gasteiger partial charge in [0, 0.05) is 35.6 Å². The summed E-state index contributed by atoms with van der Waals surface area (Å²) in [6.07, 6.45) is 4.50. The number of carbonyl (C=O) groups excluding carboxylic acids is 1. The molecule has 2 aromatic heterocycles. The van der Waals surface area contributed by atoms with Crippen molar-refractivity contribution in [3.05, 3.63) is 65.6 Å². The van der Waals surface area contributed by atoms with Gasteiger partial charge in [-0.1, -0.05) is 20.8 Å². The summed E-state index contributed by atoms with van der Waals surface area (Å²) in [7, 11) is 1.57. The molecule has 0 bridgehead atoms. The van der Waals surface area contributed by atoms with Gasteiger partial charge < -0.3 is 21.5 Å². The summed E-state index contributed by atoms with van der Waals surface area (Å²) in [5.74, 6) is 5.47. The maximum absolute atomic E-state index is 12.7. The zero-order valence-corrected chi connectivity index (χ0v) is 24.0. The molecule has 41 heavy (non-hydrogen) atoms. The fourth-order valence-electron chi connectivity index (χ4n) is 3.99. The Bertz CT molecular complexity index is 1370. The second kappa shape index (κ2) is 11.8. The van der Waals surface area contributed by atoms with Gasteiger partial charge >= 0.3 is 6.10 Å². The number of carbonyl (C=O) groups is 1. The van der Waals surface area contributed by atoms with Gasteiger partial charge in [0.25, 0.3) is 5.91 Å². The molecule has 0 atom stereocenters. The first-order valence-corrected chi connectivity index (χ1v) is 12.9. The van der Waals surface area contributed by atoms with Crippen molar-refractivity contribution in [3.8, 4) is 0 Å². The zero-order valence-electron chi connectivity index (χ0n) is 24.0. The number of amides is 1. The Balaban J connectivity index is 1.79. The van der Waals surface area contributed by atoms with Crippen molar-refractivity contribution in [2.45, 2.75) is 33.8 Å². The zero-order chi connectivity index (χ0) is 30.8. The number of aliphatic hydroxyl groups excluding tert-OH is 1. The normalized spacial score (nSPS) is 17.0. The van der Waals surface area contributed by atoms with Crippen LogP contribution in [0, 0.1) is 12.3 Å². The largest absolute Gasteiger partial charge is 0.512 e. The molecular formula is C27H40N9O5+. The predicted octanol–water partition coefficient (Wildman–Crippen LogP) is 0.263. The molecular weight excluding hydrogens is 530 g/mol. The van der Waals surface area contributed by atoms with E-state index in [0.29, 0.717) is 48.8 Å². The molecule has 2 aromatic rings. The van der Waals surface area contributed by atoms with Crippen molar-refractivity contribution in [3.63, 3.8) is 0 Å². The number of aromatic nitrogens is 2. The summed E-state index contributed by atoms with van der Waals surface area (Å²) in [6.45, 7) is 8.59. The number of aliphatic imine (C=N–C) groups is 1. The number of amidine groups is 1. The number of rotatable bonds is 7. The SMILES string of the molecule is Cc1ncc(C(=O)N=C(N)C=C(O)C(C)(C)C)cc1N(N)C=C(N)c1cncc(N2CC[N+](C)(C(O)(O)O)CC2)c1. The molecule has 0 spiro atoms. The van der Waals surface area contributed by atoms with E-state index in [0.717, 1.165) is 5.69 Å². The van der Waals surface area contributed by atoms with Crippen LogP contribution in [-0.4, -0.2) is 85.9 Å². The standard InChI is InChI=1S/C27H39N9O5/c1-17-22(11-19(14-32-17)25(38)33-24(29)12-23(37)26(2,3)4)35(30)16-21(28)18-10-20(15-31-13-18)34-6-8-36(5,9-7-34)27(39,40)41/h10-16,39-41H,6-9,28,30H2,1-5H3,(H2-,29,33,37,38)/p+1. The highest BCUT2D eigenvalue weighted by molar-refractivity contribution is 6.06. The maximum atomic E-state index is 12.7. The van der Waals surface area contributed by atoms with Crippen molar-refractivity contribution in [2.24, 2.45) is 27.7 Å². The number of likely N-dealkylation sites (N-methyl/N-ethyl adjacent to an activating group) is 1. The average Bonchev–Trinajstić information content (AvgIpc) is 2.88. The summed E-state index contributed by atoms with van der Waals surface area (Å²) in [6, 6.07) is 3.34. The summed E-state index contributed by atoms with van der Waals surface area (Å²) in [5.41, 5.74) is 14.3. The summed E-state index contributed by atoms with van der Waals surface area (Å²) in [5, 5.41) is 40.4. The molecule has 1 fully saturated rings. The van der Waals surface area contributed by atoms with Crippen LogP contribution in [0.25, 0.3) is 5.70 Å². The quantitative estimate of drug-likeness (QED) is 0.0453. The lowest BCUT2D eigenvalue weighted by Crippen LogP contribution is -2.68. The van der Waals surface area contributed by atoms with Gasteiger partial charge in [0.2, 0.25) is 0 Å². The van der Waals surface area contributed by atoms with Crippen molar-refractivity contribution in [1.82, 2.24) is 9.97 Å². The molecule has 3 rings (SSSR count). The number of allylic oxidation sites excluding steroid dienone is 1. The second-order valence-corrected chi connectivity index (χ2v) is 11.3. The van der Waals surface area contributed by atoms with Crippen LogP contribution in [0.5, 0.6) is 0 Å². The molecule has 14 nitrogen and oxygen atoms in total. The Labute approximate surface area is 238 Å². The first-order valence-electron chi connectivity index (χ1n) is 12.9. The molecule has 222 valence electrons. The fourth-order valence-corrected chi connectivity index (χ4v) is 3.99. The third-order valence-electron chi connectivity index (χ3n) is 7.02. The lowest BCUT2D eigenvalue weighted by Gasteiger charge is -2.45. The lowest BCUT2D eigenvalue weighted by atomic mass is 9.93. The monoisotopic (exact) mass is 570 g/mol. The third-order valence-corrected chi connectivity index (χ3v) is 7.02. The third kappa shape index (κ3) is 7.56. The van der Waals surface area contributed by atoms with Gasteiger partial charge in [-0.25, -0.2) is 10.3 Å². The van der Waals surface area contributed by atoms with Crippen LogP contribution in [0.1, 0.15) is 42.4 Å². The Morgan fingerprint density at radius 3 is 2.32 bits per heavy atom. The maximum Gasteiger partial charge on any atom is 0.441 e. The first-order chi connectivity index (χ1) is 18.9. The lowest BCUT2D eigenvalue weighted by molar-refractivity contribution is -1.04. The number of piperazine rings is 1. The summed E-state index contributed by atoms with van der Waals surface area (Å²) >= 11 is 0. The summed E-state index contributed by atoms with van der Waals surface area (Å²) in [4.78, 5) is 27.1.